The molecule has 0 bridgehead atoms. The van der Waals surface area contributed by atoms with Gasteiger partial charge in [0, 0.05) is 31.8 Å². The summed E-state index contributed by atoms with van der Waals surface area (Å²) < 4.78 is 7.74. The summed E-state index contributed by atoms with van der Waals surface area (Å²) in [6.45, 7) is 1.58. The van der Waals surface area contributed by atoms with Gasteiger partial charge in [-0.3, -0.25) is 9.59 Å². The van der Waals surface area contributed by atoms with Crippen molar-refractivity contribution in [3.05, 3.63) is 48.5 Å². The Labute approximate surface area is 163 Å². The molecule has 2 heterocycles. The second-order valence-electron chi connectivity index (χ2n) is 6.55. The van der Waals surface area contributed by atoms with Crippen LogP contribution in [0.5, 0.6) is 5.75 Å². The first-order valence-electron chi connectivity index (χ1n) is 9.40. The van der Waals surface area contributed by atoms with Crippen molar-refractivity contribution in [1.82, 2.24) is 14.6 Å². The molecule has 8 nitrogen and oxygen atoms in total. The molecule has 1 aromatic carbocycles. The van der Waals surface area contributed by atoms with E-state index in [4.69, 9.17) is 9.57 Å². The summed E-state index contributed by atoms with van der Waals surface area (Å²) in [5, 5.41) is 0.541. The minimum absolute atomic E-state index is 0.0719. The minimum atomic E-state index is -0.743. The molecule has 1 saturated heterocycles. The molecular formula is C20H23N3O5. The van der Waals surface area contributed by atoms with Crippen molar-refractivity contribution in [3.8, 4) is 5.75 Å². The summed E-state index contributed by atoms with van der Waals surface area (Å²) in [5.41, 5.74) is 0.249. The summed E-state index contributed by atoms with van der Waals surface area (Å²) in [7, 11) is 0. The van der Waals surface area contributed by atoms with Crippen molar-refractivity contribution in [2.45, 2.75) is 45.1 Å². The zero-order valence-corrected chi connectivity index (χ0v) is 15.6. The molecule has 148 valence electrons. The summed E-state index contributed by atoms with van der Waals surface area (Å²) in [6.07, 6.45) is 9.97. The molecular weight excluding hydrogens is 362 g/mol. The fraction of sp³-hybridized carbons (Fsp3) is 0.400. The van der Waals surface area contributed by atoms with Crippen molar-refractivity contribution in [1.29, 1.82) is 0 Å². The number of imidazole rings is 1. The third-order valence-electron chi connectivity index (χ3n) is 4.41. The van der Waals surface area contributed by atoms with Gasteiger partial charge in [-0.2, -0.15) is 0 Å². The molecule has 0 N–H and O–H groups in total. The number of ether oxygens (including phenoxy) is 1. The van der Waals surface area contributed by atoms with Gasteiger partial charge in [0.1, 0.15) is 5.75 Å². The Morgan fingerprint density at radius 3 is 2.39 bits per heavy atom. The highest BCUT2D eigenvalue weighted by molar-refractivity contribution is 6.02. The van der Waals surface area contributed by atoms with Gasteiger partial charge in [0.2, 0.25) is 0 Å². The van der Waals surface area contributed by atoms with Crippen LogP contribution in [0.1, 0.15) is 48.9 Å². The number of hydroxylamine groups is 2. The Morgan fingerprint density at radius 2 is 1.71 bits per heavy atom. The van der Waals surface area contributed by atoms with E-state index in [2.05, 4.69) is 9.55 Å². The highest BCUT2D eigenvalue weighted by atomic mass is 16.7. The van der Waals surface area contributed by atoms with E-state index in [1.54, 1.807) is 30.5 Å². The van der Waals surface area contributed by atoms with Crippen LogP contribution in [0, 0.1) is 0 Å². The van der Waals surface area contributed by atoms with E-state index in [0.29, 0.717) is 17.4 Å². The smallest absolute Gasteiger partial charge is 0.363 e. The van der Waals surface area contributed by atoms with Crippen LogP contribution in [0.25, 0.3) is 0 Å². The van der Waals surface area contributed by atoms with Crippen molar-refractivity contribution in [3.63, 3.8) is 0 Å². The number of carbonyl (C=O) groups excluding carboxylic acids is 3. The number of hydrogen-bond donors (Lipinski definition) is 0. The van der Waals surface area contributed by atoms with Crippen molar-refractivity contribution < 1.29 is 24.0 Å². The SMILES string of the molecule is O=C(ON1C(=O)CCC1=O)c1ccc(OCCCCCCn2ccnc2)cc1. The van der Waals surface area contributed by atoms with Gasteiger partial charge < -0.3 is 14.1 Å². The average Bonchev–Trinajstić information content (AvgIpc) is 3.33. The van der Waals surface area contributed by atoms with Gasteiger partial charge in [-0.25, -0.2) is 9.78 Å². The maximum atomic E-state index is 12.0. The lowest BCUT2D eigenvalue weighted by Gasteiger charge is -2.12. The zero-order valence-electron chi connectivity index (χ0n) is 15.6. The lowest BCUT2D eigenvalue weighted by molar-refractivity contribution is -0.172. The molecule has 3 rings (SSSR count). The number of carbonyl (C=O) groups is 3. The first-order valence-corrected chi connectivity index (χ1v) is 9.40. The first kappa shape index (κ1) is 19.6. The highest BCUT2D eigenvalue weighted by Crippen LogP contribution is 2.17. The topological polar surface area (TPSA) is 90.7 Å². The second-order valence-corrected chi connectivity index (χ2v) is 6.55. The van der Waals surface area contributed by atoms with Gasteiger partial charge in [0.15, 0.2) is 0 Å². The molecule has 28 heavy (non-hydrogen) atoms. The van der Waals surface area contributed by atoms with Gasteiger partial charge in [-0.1, -0.05) is 12.8 Å². The number of hydrogen-bond acceptors (Lipinski definition) is 6. The predicted molar refractivity (Wildman–Crippen MR) is 99.1 cm³/mol. The van der Waals surface area contributed by atoms with Gasteiger partial charge in [-0.15, -0.1) is 5.06 Å². The van der Waals surface area contributed by atoms with Crippen LogP contribution >= 0.6 is 0 Å². The van der Waals surface area contributed by atoms with Crippen molar-refractivity contribution >= 4 is 17.8 Å². The molecule has 0 unspecified atom stereocenters. The van der Waals surface area contributed by atoms with Crippen LogP contribution in [-0.2, 0) is 21.0 Å². The summed E-state index contributed by atoms with van der Waals surface area (Å²) in [5.74, 6) is -1.08. The van der Waals surface area contributed by atoms with Crippen molar-refractivity contribution in [2.75, 3.05) is 6.61 Å². The lowest BCUT2D eigenvalue weighted by Crippen LogP contribution is -2.32. The molecule has 1 aromatic heterocycles. The number of aryl methyl sites for hydroxylation is 1. The van der Waals surface area contributed by atoms with E-state index < -0.39 is 17.8 Å². The maximum absolute atomic E-state index is 12.0. The lowest BCUT2D eigenvalue weighted by atomic mass is 10.2. The van der Waals surface area contributed by atoms with E-state index in [1.807, 2.05) is 12.5 Å². The fourth-order valence-electron chi connectivity index (χ4n) is 2.84. The Kier molecular flexibility index (Phi) is 6.78. The predicted octanol–water partition coefficient (Wildman–Crippen LogP) is 2.74. The second kappa shape index (κ2) is 9.68. The van der Waals surface area contributed by atoms with E-state index in [1.165, 1.54) is 0 Å². The van der Waals surface area contributed by atoms with Crippen LogP contribution < -0.4 is 4.74 Å². The monoisotopic (exact) mass is 385 g/mol. The summed E-state index contributed by atoms with van der Waals surface area (Å²) in [6, 6.07) is 6.44. The first-order chi connectivity index (χ1) is 13.6. The van der Waals surface area contributed by atoms with Crippen LogP contribution in [0.15, 0.2) is 43.0 Å². The van der Waals surface area contributed by atoms with Crippen LogP contribution in [0.3, 0.4) is 0 Å². The molecule has 8 heteroatoms. The summed E-state index contributed by atoms with van der Waals surface area (Å²) >= 11 is 0. The third-order valence-corrected chi connectivity index (χ3v) is 4.41. The quantitative estimate of drug-likeness (QED) is 0.461. The van der Waals surface area contributed by atoms with Gasteiger partial charge >= 0.3 is 5.97 Å². The third kappa shape index (κ3) is 5.42. The highest BCUT2D eigenvalue weighted by Gasteiger charge is 2.33. The minimum Gasteiger partial charge on any atom is -0.494 e. The molecule has 1 aliphatic rings. The molecule has 2 aromatic rings. The van der Waals surface area contributed by atoms with E-state index in [-0.39, 0.29) is 18.4 Å². The Morgan fingerprint density at radius 1 is 1.00 bits per heavy atom. The van der Waals surface area contributed by atoms with Crippen LogP contribution in [-0.4, -0.2) is 39.0 Å². The van der Waals surface area contributed by atoms with Gasteiger partial charge in [0.05, 0.1) is 18.5 Å². The standard InChI is InChI=1S/C20H23N3O5/c24-18-9-10-19(25)23(18)28-20(26)16-5-7-17(8-6-16)27-14-4-2-1-3-12-22-13-11-21-15-22/h5-8,11,13,15H,1-4,9-10,12,14H2. The average molecular weight is 385 g/mol. The molecule has 0 aliphatic carbocycles. The van der Waals surface area contributed by atoms with Crippen molar-refractivity contribution in [2.24, 2.45) is 0 Å². The Bertz CT molecular complexity index is 786. The normalized spacial score (nSPS) is 13.8. The van der Waals surface area contributed by atoms with E-state index in [9.17, 15) is 14.4 Å². The molecule has 0 radical (unpaired) electrons. The number of unbranched alkanes of at least 4 members (excludes halogenated alkanes) is 3. The number of benzene rings is 1. The Hall–Kier alpha value is -3.16. The zero-order chi connectivity index (χ0) is 19.8. The molecule has 0 saturated carbocycles. The number of amides is 2. The molecule has 1 aliphatic heterocycles. The molecule has 0 atom stereocenters. The summed E-state index contributed by atoms with van der Waals surface area (Å²) in [4.78, 5) is 43.9. The van der Waals surface area contributed by atoms with Gasteiger partial charge in [-0.05, 0) is 37.1 Å². The largest absolute Gasteiger partial charge is 0.494 e. The molecule has 2 amide bonds. The number of rotatable bonds is 10. The van der Waals surface area contributed by atoms with Crippen LogP contribution in [0.4, 0.5) is 0 Å². The number of imide groups is 1. The maximum Gasteiger partial charge on any atom is 0.363 e. The Balaban J connectivity index is 1.33. The fourth-order valence-corrected chi connectivity index (χ4v) is 2.84. The van der Waals surface area contributed by atoms with E-state index >= 15 is 0 Å². The molecule has 1 fully saturated rings. The van der Waals surface area contributed by atoms with Gasteiger partial charge in [0.25, 0.3) is 11.8 Å². The van der Waals surface area contributed by atoms with E-state index in [0.717, 1.165) is 32.2 Å². The number of aromatic nitrogens is 2. The number of nitrogens with zero attached hydrogens (tertiary/aromatic N) is 3. The molecule has 0 spiro atoms. The van der Waals surface area contributed by atoms with Crippen LogP contribution in [0.2, 0.25) is 0 Å².